The lowest BCUT2D eigenvalue weighted by molar-refractivity contribution is -0.121. The Hall–Kier alpha value is -1.62. The van der Waals surface area contributed by atoms with Gasteiger partial charge in [0.15, 0.2) is 0 Å². The second kappa shape index (κ2) is 7.09. The van der Waals surface area contributed by atoms with Gasteiger partial charge >= 0.3 is 0 Å². The summed E-state index contributed by atoms with van der Waals surface area (Å²) in [5.74, 6) is -0.393. The molecule has 0 unspecified atom stereocenters. The molecule has 0 atom stereocenters. The number of halogens is 1. The number of carbonyl (C=O) groups excluding carboxylic acids is 2. The summed E-state index contributed by atoms with van der Waals surface area (Å²) in [4.78, 5) is 29.3. The molecular formula is C13H18ClN3O2. The van der Waals surface area contributed by atoms with E-state index in [1.165, 1.54) is 11.0 Å². The lowest BCUT2D eigenvalue weighted by Gasteiger charge is -2.20. The van der Waals surface area contributed by atoms with Gasteiger partial charge in [-0.15, -0.1) is 0 Å². The zero-order chi connectivity index (χ0) is 14.4. The summed E-state index contributed by atoms with van der Waals surface area (Å²) >= 11 is 5.84. The van der Waals surface area contributed by atoms with Crippen molar-refractivity contribution in [2.24, 2.45) is 0 Å². The van der Waals surface area contributed by atoms with E-state index in [1.807, 2.05) is 13.8 Å². The molecule has 0 saturated carbocycles. The summed E-state index contributed by atoms with van der Waals surface area (Å²) in [5, 5.41) is 2.94. The van der Waals surface area contributed by atoms with Crippen molar-refractivity contribution < 1.29 is 9.59 Å². The number of carbonyl (C=O) groups is 2. The molecule has 1 rings (SSSR count). The number of hydrogen-bond acceptors (Lipinski definition) is 3. The molecule has 5 nitrogen and oxygen atoms in total. The van der Waals surface area contributed by atoms with Crippen molar-refractivity contribution in [2.45, 2.75) is 20.8 Å². The summed E-state index contributed by atoms with van der Waals surface area (Å²) in [6.07, 6.45) is 0. The van der Waals surface area contributed by atoms with Crippen LogP contribution in [0.5, 0.6) is 0 Å². The highest BCUT2D eigenvalue weighted by Crippen LogP contribution is 2.12. The Bertz CT molecular complexity index is 457. The van der Waals surface area contributed by atoms with Crippen LogP contribution in [0.4, 0.5) is 0 Å². The van der Waals surface area contributed by atoms with Crippen molar-refractivity contribution in [2.75, 3.05) is 19.6 Å². The average molecular weight is 284 g/mol. The molecule has 2 amide bonds. The molecule has 1 aromatic heterocycles. The van der Waals surface area contributed by atoms with Crippen LogP contribution in [0.2, 0.25) is 5.15 Å². The zero-order valence-electron chi connectivity index (χ0n) is 11.4. The summed E-state index contributed by atoms with van der Waals surface area (Å²) in [5.41, 5.74) is 1.12. The Balaban J connectivity index is 2.86. The van der Waals surface area contributed by atoms with E-state index < -0.39 is 0 Å². The largest absolute Gasteiger partial charge is 0.355 e. The molecule has 0 spiro atoms. The molecule has 0 saturated heterocycles. The van der Waals surface area contributed by atoms with Crippen molar-refractivity contribution in [1.29, 1.82) is 0 Å². The maximum absolute atomic E-state index is 12.3. The molecule has 0 radical (unpaired) electrons. The van der Waals surface area contributed by atoms with Crippen LogP contribution in [0.1, 0.15) is 29.9 Å². The Morgan fingerprint density at radius 1 is 1.37 bits per heavy atom. The lowest BCUT2D eigenvalue weighted by atomic mass is 10.2. The Morgan fingerprint density at radius 3 is 2.58 bits per heavy atom. The van der Waals surface area contributed by atoms with E-state index in [4.69, 9.17) is 11.6 Å². The van der Waals surface area contributed by atoms with Gasteiger partial charge < -0.3 is 10.2 Å². The van der Waals surface area contributed by atoms with E-state index >= 15 is 0 Å². The number of aryl methyl sites for hydroxylation is 1. The first-order chi connectivity index (χ1) is 8.97. The molecule has 19 heavy (non-hydrogen) atoms. The molecular weight excluding hydrogens is 266 g/mol. The highest BCUT2D eigenvalue weighted by atomic mass is 35.5. The van der Waals surface area contributed by atoms with E-state index in [0.29, 0.717) is 24.3 Å². The predicted octanol–water partition coefficient (Wildman–Crippen LogP) is 1.64. The highest BCUT2D eigenvalue weighted by molar-refractivity contribution is 6.29. The first kappa shape index (κ1) is 15.4. The molecule has 0 fully saturated rings. The second-order valence-electron chi connectivity index (χ2n) is 4.09. The van der Waals surface area contributed by atoms with Gasteiger partial charge in [0, 0.05) is 24.3 Å². The first-order valence-electron chi connectivity index (χ1n) is 6.18. The highest BCUT2D eigenvalue weighted by Gasteiger charge is 2.17. The van der Waals surface area contributed by atoms with Gasteiger partial charge in [0.05, 0.1) is 6.54 Å². The number of aromatic nitrogens is 1. The number of nitrogens with zero attached hydrogens (tertiary/aromatic N) is 2. The summed E-state index contributed by atoms with van der Waals surface area (Å²) < 4.78 is 0. The lowest BCUT2D eigenvalue weighted by Crippen LogP contribution is -2.40. The van der Waals surface area contributed by atoms with Gasteiger partial charge in [0.25, 0.3) is 5.91 Å². The van der Waals surface area contributed by atoms with Gasteiger partial charge in [-0.1, -0.05) is 11.6 Å². The fourth-order valence-corrected chi connectivity index (χ4v) is 1.94. The minimum Gasteiger partial charge on any atom is -0.355 e. The fourth-order valence-electron chi connectivity index (χ4n) is 1.69. The number of rotatable bonds is 5. The van der Waals surface area contributed by atoms with Crippen LogP contribution in [-0.2, 0) is 4.79 Å². The van der Waals surface area contributed by atoms with E-state index in [1.54, 1.807) is 13.0 Å². The normalized spacial score (nSPS) is 10.1. The maximum Gasteiger partial charge on any atom is 0.254 e. The van der Waals surface area contributed by atoms with Crippen LogP contribution < -0.4 is 5.32 Å². The molecule has 1 N–H and O–H groups in total. The number of hydrogen-bond donors (Lipinski definition) is 1. The van der Waals surface area contributed by atoms with Crippen molar-refractivity contribution in [3.8, 4) is 0 Å². The minimum atomic E-state index is -0.221. The van der Waals surface area contributed by atoms with Crippen LogP contribution in [0.25, 0.3) is 0 Å². The van der Waals surface area contributed by atoms with Crippen LogP contribution in [0.15, 0.2) is 12.1 Å². The Kier molecular flexibility index (Phi) is 5.76. The number of pyridine rings is 1. The monoisotopic (exact) mass is 283 g/mol. The van der Waals surface area contributed by atoms with Gasteiger partial charge in [-0.25, -0.2) is 4.98 Å². The average Bonchev–Trinajstić information content (AvgIpc) is 2.34. The van der Waals surface area contributed by atoms with E-state index in [0.717, 1.165) is 0 Å². The van der Waals surface area contributed by atoms with Crippen LogP contribution >= 0.6 is 11.6 Å². The van der Waals surface area contributed by atoms with Gasteiger partial charge in [0.2, 0.25) is 5.91 Å². The van der Waals surface area contributed by atoms with E-state index in [-0.39, 0.29) is 23.5 Å². The second-order valence-corrected chi connectivity index (χ2v) is 4.48. The smallest absolute Gasteiger partial charge is 0.254 e. The Labute approximate surface area is 118 Å². The number of likely N-dealkylation sites (N-methyl/N-ethyl adjacent to an activating group) is 2. The molecule has 0 aliphatic rings. The molecule has 0 aliphatic carbocycles. The van der Waals surface area contributed by atoms with E-state index in [2.05, 4.69) is 10.3 Å². The third-order valence-electron chi connectivity index (χ3n) is 2.55. The standard InChI is InChI=1S/C13H18ClN3O2/c1-4-15-12(18)8-17(5-2)13(19)10-6-9(3)16-11(14)7-10/h6-7H,4-5,8H2,1-3H3,(H,15,18). The third-order valence-corrected chi connectivity index (χ3v) is 2.74. The quantitative estimate of drug-likeness (QED) is 0.836. The predicted molar refractivity (Wildman–Crippen MR) is 74.2 cm³/mol. The maximum atomic E-state index is 12.3. The first-order valence-corrected chi connectivity index (χ1v) is 6.55. The minimum absolute atomic E-state index is 0.0438. The van der Waals surface area contributed by atoms with Crippen LogP contribution in [0, 0.1) is 6.92 Å². The molecule has 104 valence electrons. The van der Waals surface area contributed by atoms with Gasteiger partial charge in [0.1, 0.15) is 5.15 Å². The molecule has 0 aromatic carbocycles. The molecule has 1 heterocycles. The number of nitrogens with one attached hydrogen (secondary N) is 1. The zero-order valence-corrected chi connectivity index (χ0v) is 12.1. The summed E-state index contributed by atoms with van der Waals surface area (Å²) in [6.45, 7) is 6.47. The van der Waals surface area contributed by atoms with E-state index in [9.17, 15) is 9.59 Å². The van der Waals surface area contributed by atoms with Crippen molar-refractivity contribution >= 4 is 23.4 Å². The van der Waals surface area contributed by atoms with Crippen molar-refractivity contribution in [1.82, 2.24) is 15.2 Å². The van der Waals surface area contributed by atoms with Crippen LogP contribution in [-0.4, -0.2) is 41.3 Å². The van der Waals surface area contributed by atoms with Crippen molar-refractivity contribution in [3.05, 3.63) is 28.5 Å². The topological polar surface area (TPSA) is 62.3 Å². The molecule has 0 bridgehead atoms. The third kappa shape index (κ3) is 4.52. The molecule has 1 aromatic rings. The summed E-state index contributed by atoms with van der Waals surface area (Å²) in [6, 6.07) is 3.17. The Morgan fingerprint density at radius 2 is 2.05 bits per heavy atom. The van der Waals surface area contributed by atoms with Gasteiger partial charge in [-0.05, 0) is 32.9 Å². The van der Waals surface area contributed by atoms with Gasteiger partial charge in [-0.3, -0.25) is 9.59 Å². The van der Waals surface area contributed by atoms with Crippen LogP contribution in [0.3, 0.4) is 0 Å². The SMILES string of the molecule is CCNC(=O)CN(CC)C(=O)c1cc(C)nc(Cl)c1. The summed E-state index contributed by atoms with van der Waals surface area (Å²) in [7, 11) is 0. The molecule has 0 aliphatic heterocycles. The fraction of sp³-hybridized carbons (Fsp3) is 0.462. The van der Waals surface area contributed by atoms with Crippen molar-refractivity contribution in [3.63, 3.8) is 0 Å². The molecule has 6 heteroatoms. The number of amides is 2. The van der Waals surface area contributed by atoms with Gasteiger partial charge in [-0.2, -0.15) is 0 Å².